The molecular formula is C15H15ClFN3O2S. The number of rotatable bonds is 4. The monoisotopic (exact) mass is 355 g/mol. The molecule has 122 valence electrons. The van der Waals surface area contributed by atoms with Crippen molar-refractivity contribution in [1.82, 2.24) is 9.71 Å². The van der Waals surface area contributed by atoms with Crippen molar-refractivity contribution in [3.05, 3.63) is 53.4 Å². The summed E-state index contributed by atoms with van der Waals surface area (Å²) in [5, 5.41) is -0.128. The Balaban J connectivity index is 1.75. The fraction of sp³-hybridized carbons (Fsp3) is 0.267. The molecule has 1 aliphatic rings. The zero-order valence-electron chi connectivity index (χ0n) is 12.1. The van der Waals surface area contributed by atoms with Crippen molar-refractivity contribution in [2.45, 2.75) is 17.4 Å². The van der Waals surface area contributed by atoms with Gasteiger partial charge in [0.1, 0.15) is 16.5 Å². The molecule has 23 heavy (non-hydrogen) atoms. The van der Waals surface area contributed by atoms with Crippen molar-refractivity contribution in [2.75, 3.05) is 18.0 Å². The van der Waals surface area contributed by atoms with E-state index in [1.807, 2.05) is 23.1 Å². The van der Waals surface area contributed by atoms with E-state index in [-0.39, 0.29) is 11.1 Å². The Bertz CT molecular complexity index is 781. The highest BCUT2D eigenvalue weighted by atomic mass is 35.5. The minimum absolute atomic E-state index is 0.128. The molecule has 1 aliphatic heterocycles. The standard InChI is InChI=1S/C15H15ClFN3O2S/c16-12-4-3-5-13(17)15(12)23(21,22)19-11-7-9-20(10-11)14-6-1-2-8-18-14/h1-6,8,11,19H,7,9-10H2. The molecule has 3 rings (SSSR count). The number of hydrogen-bond donors (Lipinski definition) is 1. The Labute approximate surface area is 139 Å². The number of sulfonamides is 1. The first-order valence-electron chi connectivity index (χ1n) is 7.10. The summed E-state index contributed by atoms with van der Waals surface area (Å²) in [5.74, 6) is -0.0669. The number of nitrogens with one attached hydrogen (secondary N) is 1. The quantitative estimate of drug-likeness (QED) is 0.915. The molecule has 2 heterocycles. The highest BCUT2D eigenvalue weighted by Gasteiger charge is 2.30. The van der Waals surface area contributed by atoms with E-state index < -0.39 is 20.7 Å². The first-order valence-corrected chi connectivity index (χ1v) is 8.96. The second-order valence-corrected chi connectivity index (χ2v) is 7.35. The summed E-state index contributed by atoms with van der Waals surface area (Å²) in [6.45, 7) is 1.15. The summed E-state index contributed by atoms with van der Waals surface area (Å²) in [4.78, 5) is 5.73. The second-order valence-electron chi connectivity index (χ2n) is 5.29. The molecule has 1 saturated heterocycles. The fourth-order valence-corrected chi connectivity index (χ4v) is 4.49. The minimum Gasteiger partial charge on any atom is -0.355 e. The normalized spacial score (nSPS) is 18.3. The van der Waals surface area contributed by atoms with E-state index in [0.717, 1.165) is 11.9 Å². The van der Waals surface area contributed by atoms with Crippen molar-refractivity contribution in [3.8, 4) is 0 Å². The number of anilines is 1. The maximum Gasteiger partial charge on any atom is 0.245 e. The van der Waals surface area contributed by atoms with Crippen LogP contribution in [0.2, 0.25) is 5.02 Å². The molecule has 8 heteroatoms. The van der Waals surface area contributed by atoms with Gasteiger partial charge in [0, 0.05) is 25.3 Å². The van der Waals surface area contributed by atoms with E-state index in [4.69, 9.17) is 11.6 Å². The van der Waals surface area contributed by atoms with Crippen molar-refractivity contribution >= 4 is 27.4 Å². The molecule has 1 N–H and O–H groups in total. The van der Waals surface area contributed by atoms with E-state index in [1.54, 1.807) is 6.20 Å². The van der Waals surface area contributed by atoms with Gasteiger partial charge in [-0.2, -0.15) is 0 Å². The van der Waals surface area contributed by atoms with Crippen molar-refractivity contribution in [1.29, 1.82) is 0 Å². The second kappa shape index (κ2) is 6.43. The van der Waals surface area contributed by atoms with Gasteiger partial charge in [-0.1, -0.05) is 23.7 Å². The van der Waals surface area contributed by atoms with Crippen LogP contribution >= 0.6 is 11.6 Å². The molecule has 1 fully saturated rings. The number of aromatic nitrogens is 1. The van der Waals surface area contributed by atoms with Crippen LogP contribution in [-0.4, -0.2) is 32.5 Å². The summed E-state index contributed by atoms with van der Waals surface area (Å²) < 4.78 is 41.2. The van der Waals surface area contributed by atoms with Crippen LogP contribution < -0.4 is 9.62 Å². The van der Waals surface area contributed by atoms with Gasteiger partial charge in [-0.25, -0.2) is 22.5 Å². The molecule has 0 radical (unpaired) electrons. The lowest BCUT2D eigenvalue weighted by atomic mass is 10.3. The molecule has 0 spiro atoms. The molecule has 0 bridgehead atoms. The topological polar surface area (TPSA) is 62.3 Å². The van der Waals surface area contributed by atoms with Gasteiger partial charge in [0.05, 0.1) is 5.02 Å². The SMILES string of the molecule is O=S(=O)(NC1CCN(c2ccccn2)C1)c1c(F)cccc1Cl. The van der Waals surface area contributed by atoms with Gasteiger partial charge in [-0.05, 0) is 30.7 Å². The first-order chi connectivity index (χ1) is 11.0. The summed E-state index contributed by atoms with van der Waals surface area (Å²) in [6.07, 6.45) is 2.30. The highest BCUT2D eigenvalue weighted by Crippen LogP contribution is 2.25. The molecule has 1 atom stereocenters. The Kier molecular flexibility index (Phi) is 4.52. The van der Waals surface area contributed by atoms with E-state index in [0.29, 0.717) is 19.5 Å². The maximum atomic E-state index is 13.8. The van der Waals surface area contributed by atoms with Crippen LogP contribution in [0.1, 0.15) is 6.42 Å². The van der Waals surface area contributed by atoms with Crippen LogP contribution in [0.15, 0.2) is 47.5 Å². The smallest absolute Gasteiger partial charge is 0.245 e. The van der Waals surface area contributed by atoms with E-state index in [2.05, 4.69) is 9.71 Å². The van der Waals surface area contributed by atoms with Gasteiger partial charge in [0.15, 0.2) is 0 Å². The van der Waals surface area contributed by atoms with Gasteiger partial charge in [0.25, 0.3) is 0 Å². The molecule has 0 amide bonds. The molecule has 1 unspecified atom stereocenters. The molecule has 0 aliphatic carbocycles. The third kappa shape index (κ3) is 3.46. The van der Waals surface area contributed by atoms with E-state index in [9.17, 15) is 12.8 Å². The number of halogens is 2. The summed E-state index contributed by atoms with van der Waals surface area (Å²) in [7, 11) is -4.01. The number of benzene rings is 1. The molecule has 5 nitrogen and oxygen atoms in total. The molecule has 1 aromatic heterocycles. The first kappa shape index (κ1) is 16.2. The largest absolute Gasteiger partial charge is 0.355 e. The van der Waals surface area contributed by atoms with Gasteiger partial charge >= 0.3 is 0 Å². The molecular weight excluding hydrogens is 341 g/mol. The van der Waals surface area contributed by atoms with Crippen LogP contribution in [0.4, 0.5) is 10.2 Å². The van der Waals surface area contributed by atoms with Crippen molar-refractivity contribution < 1.29 is 12.8 Å². The van der Waals surface area contributed by atoms with Gasteiger partial charge < -0.3 is 4.90 Å². The number of hydrogen-bond acceptors (Lipinski definition) is 4. The Morgan fingerprint density at radius 1 is 1.26 bits per heavy atom. The number of pyridine rings is 1. The third-order valence-electron chi connectivity index (χ3n) is 3.67. The predicted octanol–water partition coefficient (Wildman–Crippen LogP) is 2.43. The highest BCUT2D eigenvalue weighted by molar-refractivity contribution is 7.89. The summed E-state index contributed by atoms with van der Waals surface area (Å²) in [5.41, 5.74) is 0. The molecule has 0 saturated carbocycles. The minimum atomic E-state index is -4.01. The van der Waals surface area contributed by atoms with Crippen LogP contribution in [0.3, 0.4) is 0 Å². The van der Waals surface area contributed by atoms with E-state index >= 15 is 0 Å². The average Bonchev–Trinajstić information content (AvgIpc) is 2.95. The fourth-order valence-electron chi connectivity index (χ4n) is 2.62. The van der Waals surface area contributed by atoms with Crippen LogP contribution in [0.25, 0.3) is 0 Å². The lowest BCUT2D eigenvalue weighted by molar-refractivity contribution is 0.543. The Morgan fingerprint density at radius 2 is 2.09 bits per heavy atom. The molecule has 1 aromatic carbocycles. The lowest BCUT2D eigenvalue weighted by Gasteiger charge is -2.18. The van der Waals surface area contributed by atoms with Gasteiger partial charge in [0.2, 0.25) is 10.0 Å². The van der Waals surface area contributed by atoms with Crippen LogP contribution in [0, 0.1) is 5.82 Å². The molecule has 2 aromatic rings. The summed E-state index contributed by atoms with van der Waals surface area (Å²) >= 11 is 5.84. The zero-order valence-corrected chi connectivity index (χ0v) is 13.7. The van der Waals surface area contributed by atoms with Crippen LogP contribution in [-0.2, 0) is 10.0 Å². The van der Waals surface area contributed by atoms with Gasteiger partial charge in [-0.15, -0.1) is 0 Å². The lowest BCUT2D eigenvalue weighted by Crippen LogP contribution is -2.37. The van der Waals surface area contributed by atoms with Gasteiger partial charge in [-0.3, -0.25) is 0 Å². The Hall–Kier alpha value is -1.70. The zero-order chi connectivity index (χ0) is 16.4. The predicted molar refractivity (Wildman–Crippen MR) is 86.6 cm³/mol. The third-order valence-corrected chi connectivity index (χ3v) is 5.69. The average molecular weight is 356 g/mol. The van der Waals surface area contributed by atoms with Crippen LogP contribution in [0.5, 0.6) is 0 Å². The number of nitrogens with zero attached hydrogens (tertiary/aromatic N) is 2. The van der Waals surface area contributed by atoms with Crippen molar-refractivity contribution in [3.63, 3.8) is 0 Å². The van der Waals surface area contributed by atoms with Crippen molar-refractivity contribution in [2.24, 2.45) is 0 Å². The van der Waals surface area contributed by atoms with E-state index in [1.165, 1.54) is 12.1 Å². The maximum absolute atomic E-state index is 13.8. The Morgan fingerprint density at radius 3 is 2.78 bits per heavy atom. The summed E-state index contributed by atoms with van der Waals surface area (Å²) in [6, 6.07) is 9.04.